The normalized spacial score (nSPS) is 14.8. The summed E-state index contributed by atoms with van der Waals surface area (Å²) in [7, 11) is 0. The highest BCUT2D eigenvalue weighted by Crippen LogP contribution is 2.12. The highest BCUT2D eigenvalue weighted by molar-refractivity contribution is 5.85. The molecule has 0 aliphatic heterocycles. The molecule has 0 radical (unpaired) electrons. The molecule has 0 heterocycles. The molecule has 68 valence electrons. The number of halogens is 1. The zero-order valence-electron chi connectivity index (χ0n) is 6.28. The summed E-state index contributed by atoms with van der Waals surface area (Å²) in [6.45, 7) is 1.19. The molecule has 1 atom stereocenters. The van der Waals surface area contributed by atoms with E-state index in [9.17, 15) is 4.79 Å². The fraction of sp³-hybridized carbons (Fsp3) is 0.833. The first-order chi connectivity index (χ1) is 4.48. The lowest BCUT2D eigenvalue weighted by Gasteiger charge is -2.18. The number of carboxylic acid groups (broad SMARTS) is 1. The van der Waals surface area contributed by atoms with Crippen LogP contribution in [0.3, 0.4) is 0 Å². The molecule has 0 aromatic carbocycles. The molecule has 0 aliphatic rings. The van der Waals surface area contributed by atoms with Gasteiger partial charge in [0.1, 0.15) is 0 Å². The van der Waals surface area contributed by atoms with Crippen LogP contribution in [0.4, 0.5) is 0 Å². The van der Waals surface area contributed by atoms with Gasteiger partial charge in [-0.25, -0.2) is 0 Å². The quantitative estimate of drug-likeness (QED) is 0.576. The van der Waals surface area contributed by atoms with Crippen molar-refractivity contribution in [3.63, 3.8) is 0 Å². The first-order valence-electron chi connectivity index (χ1n) is 3.03. The monoisotopic (exact) mass is 184 g/mol. The van der Waals surface area contributed by atoms with Crippen molar-refractivity contribution >= 4 is 18.4 Å². The number of hydrogen-bond donors (Lipinski definition) is 3. The fourth-order valence-electron chi connectivity index (χ4n) is 0.655. The fourth-order valence-corrected chi connectivity index (χ4v) is 0.655. The summed E-state index contributed by atoms with van der Waals surface area (Å²) in [5.74, 6) is -1.06. The van der Waals surface area contributed by atoms with Gasteiger partial charge in [0.15, 0.2) is 0 Å². The van der Waals surface area contributed by atoms with Crippen molar-refractivity contribution in [1.29, 1.82) is 0 Å². The standard InChI is InChI=1S/C6H12O4.ClH/c1-6(10,2-3-7)4-5(8)9;/h7,10H,2-4H2,1H3,(H,8,9);1H/t6-;/m1./s1. The van der Waals surface area contributed by atoms with E-state index < -0.39 is 11.6 Å². The second-order valence-electron chi connectivity index (χ2n) is 2.54. The molecular weight excluding hydrogens is 172 g/mol. The number of aliphatic carboxylic acids is 1. The minimum atomic E-state index is -1.28. The Morgan fingerprint density at radius 3 is 2.27 bits per heavy atom. The summed E-state index contributed by atoms with van der Waals surface area (Å²) in [6.07, 6.45) is -0.229. The molecule has 4 nitrogen and oxygen atoms in total. The van der Waals surface area contributed by atoms with E-state index in [0.717, 1.165) is 0 Å². The summed E-state index contributed by atoms with van der Waals surface area (Å²) in [6, 6.07) is 0. The predicted molar refractivity (Wildman–Crippen MR) is 41.8 cm³/mol. The summed E-state index contributed by atoms with van der Waals surface area (Å²) in [4.78, 5) is 10.0. The van der Waals surface area contributed by atoms with Gasteiger partial charge in [-0.15, -0.1) is 12.4 Å². The van der Waals surface area contributed by atoms with E-state index >= 15 is 0 Å². The van der Waals surface area contributed by atoms with Crippen LogP contribution in [0, 0.1) is 0 Å². The molecule has 0 saturated carbocycles. The number of aliphatic hydroxyl groups excluding tert-OH is 1. The first-order valence-corrected chi connectivity index (χ1v) is 3.03. The largest absolute Gasteiger partial charge is 0.481 e. The van der Waals surface area contributed by atoms with Crippen LogP contribution in [-0.2, 0) is 4.79 Å². The molecule has 5 heteroatoms. The van der Waals surface area contributed by atoms with Gasteiger partial charge in [-0.2, -0.15) is 0 Å². The minimum Gasteiger partial charge on any atom is -0.481 e. The molecule has 0 spiro atoms. The van der Waals surface area contributed by atoms with E-state index in [4.69, 9.17) is 15.3 Å². The SMILES string of the molecule is C[C@@](O)(CCO)CC(=O)O.Cl. The van der Waals surface area contributed by atoms with Crippen LogP contribution in [-0.4, -0.2) is 33.5 Å². The Morgan fingerprint density at radius 1 is 1.55 bits per heavy atom. The third-order valence-corrected chi connectivity index (χ3v) is 1.18. The molecular formula is C6H13ClO4. The van der Waals surface area contributed by atoms with Crippen LogP contribution in [0.5, 0.6) is 0 Å². The molecule has 0 aromatic rings. The van der Waals surface area contributed by atoms with Crippen molar-refractivity contribution in [2.75, 3.05) is 6.61 Å². The van der Waals surface area contributed by atoms with E-state index in [1.54, 1.807) is 0 Å². The maximum Gasteiger partial charge on any atom is 0.306 e. The van der Waals surface area contributed by atoms with E-state index in [0.29, 0.717) is 0 Å². The molecule has 0 aromatic heterocycles. The van der Waals surface area contributed by atoms with Crippen LogP contribution in [0.2, 0.25) is 0 Å². The minimum absolute atomic E-state index is 0. The van der Waals surface area contributed by atoms with E-state index in [2.05, 4.69) is 0 Å². The van der Waals surface area contributed by atoms with Gasteiger partial charge in [-0.05, 0) is 13.3 Å². The number of carbonyl (C=O) groups is 1. The Labute approximate surface area is 71.3 Å². The third-order valence-electron chi connectivity index (χ3n) is 1.18. The van der Waals surface area contributed by atoms with Crippen molar-refractivity contribution in [3.8, 4) is 0 Å². The summed E-state index contributed by atoms with van der Waals surface area (Å²) in [5, 5.41) is 25.7. The summed E-state index contributed by atoms with van der Waals surface area (Å²) in [5.41, 5.74) is -1.28. The number of aliphatic hydroxyl groups is 2. The maximum absolute atomic E-state index is 10.0. The Kier molecular flexibility index (Phi) is 6.46. The van der Waals surface area contributed by atoms with Gasteiger partial charge in [0.05, 0.1) is 12.0 Å². The topological polar surface area (TPSA) is 77.8 Å². The van der Waals surface area contributed by atoms with Gasteiger partial charge < -0.3 is 15.3 Å². The Balaban J connectivity index is 0. The van der Waals surface area contributed by atoms with Crippen LogP contribution in [0.15, 0.2) is 0 Å². The van der Waals surface area contributed by atoms with Crippen LogP contribution in [0.1, 0.15) is 19.8 Å². The predicted octanol–water partition coefficient (Wildman–Crippen LogP) is 0.0163. The van der Waals surface area contributed by atoms with Crippen LogP contribution >= 0.6 is 12.4 Å². The number of hydrogen-bond acceptors (Lipinski definition) is 3. The van der Waals surface area contributed by atoms with Gasteiger partial charge in [-0.3, -0.25) is 4.79 Å². The second-order valence-corrected chi connectivity index (χ2v) is 2.54. The molecule has 11 heavy (non-hydrogen) atoms. The smallest absolute Gasteiger partial charge is 0.306 e. The van der Waals surface area contributed by atoms with Gasteiger partial charge in [0.2, 0.25) is 0 Å². The Bertz CT molecular complexity index is 124. The lowest BCUT2D eigenvalue weighted by Crippen LogP contribution is -2.28. The van der Waals surface area contributed by atoms with Gasteiger partial charge in [0, 0.05) is 6.61 Å². The lowest BCUT2D eigenvalue weighted by atomic mass is 9.99. The molecule has 0 bridgehead atoms. The van der Waals surface area contributed by atoms with E-state index in [1.807, 2.05) is 0 Å². The average molecular weight is 185 g/mol. The number of rotatable bonds is 4. The summed E-state index contributed by atoms with van der Waals surface area (Å²) >= 11 is 0. The zero-order chi connectivity index (χ0) is 8.20. The maximum atomic E-state index is 10.0. The molecule has 0 amide bonds. The Morgan fingerprint density at radius 2 is 2.00 bits per heavy atom. The van der Waals surface area contributed by atoms with Crippen LogP contribution < -0.4 is 0 Å². The highest BCUT2D eigenvalue weighted by Gasteiger charge is 2.22. The second kappa shape index (κ2) is 5.35. The highest BCUT2D eigenvalue weighted by atomic mass is 35.5. The molecule has 3 N–H and O–H groups in total. The molecule has 0 aliphatic carbocycles. The van der Waals surface area contributed by atoms with Crippen molar-refractivity contribution < 1.29 is 20.1 Å². The molecule has 0 saturated heterocycles. The Hall–Kier alpha value is -0.320. The van der Waals surface area contributed by atoms with Gasteiger partial charge >= 0.3 is 5.97 Å². The lowest BCUT2D eigenvalue weighted by molar-refractivity contribution is -0.142. The van der Waals surface area contributed by atoms with Gasteiger partial charge in [0.25, 0.3) is 0 Å². The van der Waals surface area contributed by atoms with Crippen LogP contribution in [0.25, 0.3) is 0 Å². The van der Waals surface area contributed by atoms with Crippen molar-refractivity contribution in [2.45, 2.75) is 25.4 Å². The zero-order valence-corrected chi connectivity index (χ0v) is 7.10. The summed E-state index contributed by atoms with van der Waals surface area (Å²) < 4.78 is 0. The van der Waals surface area contributed by atoms with Crippen molar-refractivity contribution in [3.05, 3.63) is 0 Å². The molecule has 0 rings (SSSR count). The molecule has 0 unspecified atom stereocenters. The third kappa shape index (κ3) is 7.58. The van der Waals surface area contributed by atoms with Crippen molar-refractivity contribution in [2.24, 2.45) is 0 Å². The van der Waals surface area contributed by atoms with E-state index in [-0.39, 0.29) is 31.9 Å². The number of carboxylic acids is 1. The van der Waals surface area contributed by atoms with E-state index in [1.165, 1.54) is 6.92 Å². The van der Waals surface area contributed by atoms with Crippen molar-refractivity contribution in [1.82, 2.24) is 0 Å². The first kappa shape index (κ1) is 13.3. The molecule has 0 fully saturated rings. The average Bonchev–Trinajstić information content (AvgIpc) is 1.59. The van der Waals surface area contributed by atoms with Gasteiger partial charge in [-0.1, -0.05) is 0 Å².